The van der Waals surface area contributed by atoms with Crippen LogP contribution in [0.4, 0.5) is 0 Å². The second kappa shape index (κ2) is 5.83. The molecule has 1 fully saturated rings. The van der Waals surface area contributed by atoms with Crippen molar-refractivity contribution in [1.82, 2.24) is 19.8 Å². The Morgan fingerprint density at radius 3 is 2.80 bits per heavy atom. The van der Waals surface area contributed by atoms with Gasteiger partial charge in [-0.2, -0.15) is 0 Å². The Morgan fingerprint density at radius 2 is 2.25 bits per heavy atom. The van der Waals surface area contributed by atoms with Crippen LogP contribution < -0.4 is 5.32 Å². The number of carbonyl (C=O) groups excluding carboxylic acids is 2. The molecule has 104 valence electrons. The van der Waals surface area contributed by atoms with Gasteiger partial charge < -0.3 is 4.57 Å². The van der Waals surface area contributed by atoms with Gasteiger partial charge in [0.05, 0.1) is 12.0 Å². The van der Waals surface area contributed by atoms with Crippen LogP contribution >= 0.6 is 34.8 Å². The maximum atomic E-state index is 12.3. The fourth-order valence-electron chi connectivity index (χ4n) is 1.70. The molecule has 0 radical (unpaired) electrons. The molecule has 2 heterocycles. The Kier molecular flexibility index (Phi) is 4.33. The quantitative estimate of drug-likeness (QED) is 0.268. The van der Waals surface area contributed by atoms with E-state index >= 15 is 0 Å². The zero-order chi connectivity index (χ0) is 14.9. The highest BCUT2D eigenvalue weighted by molar-refractivity contribution is 14.1. The third-order valence-corrected chi connectivity index (χ3v) is 3.87. The van der Waals surface area contributed by atoms with E-state index in [0.717, 1.165) is 0 Å². The molecule has 2 rings (SSSR count). The van der Waals surface area contributed by atoms with Crippen molar-refractivity contribution < 1.29 is 9.59 Å². The predicted octanol–water partition coefficient (Wildman–Crippen LogP) is 0.837. The number of rotatable bonds is 3. The van der Waals surface area contributed by atoms with E-state index in [0.29, 0.717) is 9.39 Å². The number of imidazole rings is 1. The highest BCUT2D eigenvalue weighted by Crippen LogP contribution is 2.17. The van der Waals surface area contributed by atoms with Crippen molar-refractivity contribution in [2.45, 2.75) is 0 Å². The fraction of sp³-hybridized carbons (Fsp3) is 0.167. The minimum Gasteiger partial charge on any atom is -0.333 e. The first-order chi connectivity index (χ1) is 9.45. The number of thiocarbonyl (C=S) groups is 1. The first-order valence-corrected chi connectivity index (χ1v) is 7.11. The summed E-state index contributed by atoms with van der Waals surface area (Å²) in [6.45, 7) is 3.82. The minimum absolute atomic E-state index is 0.0296. The average Bonchev–Trinajstić information content (AvgIpc) is 2.70. The molecule has 6 nitrogen and oxygen atoms in total. The van der Waals surface area contributed by atoms with E-state index in [1.807, 2.05) is 22.6 Å². The minimum atomic E-state index is -0.502. The zero-order valence-electron chi connectivity index (χ0n) is 10.6. The fourth-order valence-corrected chi connectivity index (χ4v) is 2.61. The van der Waals surface area contributed by atoms with Crippen molar-refractivity contribution in [2.24, 2.45) is 7.05 Å². The molecule has 1 aliphatic heterocycles. The number of nitrogens with zero attached hydrogens (tertiary/aromatic N) is 3. The van der Waals surface area contributed by atoms with Gasteiger partial charge in [-0.15, -0.1) is 6.58 Å². The van der Waals surface area contributed by atoms with E-state index in [1.54, 1.807) is 24.0 Å². The lowest BCUT2D eigenvalue weighted by Crippen LogP contribution is -2.53. The number of hydrogen-bond acceptors (Lipinski definition) is 4. The maximum absolute atomic E-state index is 12.3. The lowest BCUT2D eigenvalue weighted by Gasteiger charge is -2.27. The summed E-state index contributed by atoms with van der Waals surface area (Å²) in [5.74, 6) is -0.937. The van der Waals surface area contributed by atoms with E-state index in [1.165, 1.54) is 11.0 Å². The molecule has 0 aromatic carbocycles. The van der Waals surface area contributed by atoms with E-state index < -0.39 is 11.8 Å². The van der Waals surface area contributed by atoms with Crippen molar-refractivity contribution in [3.8, 4) is 0 Å². The van der Waals surface area contributed by atoms with Gasteiger partial charge in [-0.3, -0.25) is 19.8 Å². The molecule has 0 atom stereocenters. The molecular formula is C12H11IN4O2S. The topological polar surface area (TPSA) is 67.2 Å². The van der Waals surface area contributed by atoms with Gasteiger partial charge in [-0.05, 0) is 40.9 Å². The van der Waals surface area contributed by atoms with Crippen LogP contribution in [-0.4, -0.2) is 37.9 Å². The predicted molar refractivity (Wildman–Crippen MR) is 86.6 cm³/mol. The van der Waals surface area contributed by atoms with Gasteiger partial charge in [-0.1, -0.05) is 6.08 Å². The van der Waals surface area contributed by atoms with Gasteiger partial charge in [-0.25, -0.2) is 4.98 Å². The molecular weight excluding hydrogens is 391 g/mol. The largest absolute Gasteiger partial charge is 0.333 e. The van der Waals surface area contributed by atoms with E-state index in [4.69, 9.17) is 12.2 Å². The third-order valence-electron chi connectivity index (χ3n) is 2.71. The summed E-state index contributed by atoms with van der Waals surface area (Å²) < 4.78 is 2.45. The van der Waals surface area contributed by atoms with Crippen LogP contribution in [0.25, 0.3) is 6.08 Å². The summed E-state index contributed by atoms with van der Waals surface area (Å²) in [5.41, 5.74) is 0.720. The number of amides is 2. The zero-order valence-corrected chi connectivity index (χ0v) is 13.6. The van der Waals surface area contributed by atoms with Crippen molar-refractivity contribution in [3.05, 3.63) is 33.9 Å². The lowest BCUT2D eigenvalue weighted by atomic mass is 10.1. The highest BCUT2D eigenvalue weighted by Gasteiger charge is 2.33. The second-order valence-electron chi connectivity index (χ2n) is 4.05. The van der Waals surface area contributed by atoms with Crippen molar-refractivity contribution >= 4 is 57.8 Å². The summed E-state index contributed by atoms with van der Waals surface area (Å²) in [4.78, 5) is 29.7. The van der Waals surface area contributed by atoms with E-state index in [2.05, 4.69) is 16.9 Å². The van der Waals surface area contributed by atoms with Crippen molar-refractivity contribution in [3.63, 3.8) is 0 Å². The van der Waals surface area contributed by atoms with Gasteiger partial charge >= 0.3 is 0 Å². The van der Waals surface area contributed by atoms with Crippen molar-refractivity contribution in [1.29, 1.82) is 0 Å². The lowest BCUT2D eigenvalue weighted by molar-refractivity contribution is -0.128. The molecule has 8 heteroatoms. The van der Waals surface area contributed by atoms with Crippen LogP contribution in [0.3, 0.4) is 0 Å². The Balaban J connectivity index is 2.44. The summed E-state index contributed by atoms with van der Waals surface area (Å²) in [6, 6.07) is 0. The number of aryl methyl sites for hydroxylation is 1. The monoisotopic (exact) mass is 402 g/mol. The third kappa shape index (κ3) is 2.66. The van der Waals surface area contributed by atoms with Crippen LogP contribution in [0.2, 0.25) is 0 Å². The van der Waals surface area contributed by atoms with Gasteiger partial charge in [0.1, 0.15) is 9.27 Å². The maximum Gasteiger partial charge on any atom is 0.266 e. The Hall–Kier alpha value is -1.55. The average molecular weight is 402 g/mol. The molecule has 1 N–H and O–H groups in total. The van der Waals surface area contributed by atoms with E-state index in [9.17, 15) is 9.59 Å². The Labute approximate surface area is 134 Å². The van der Waals surface area contributed by atoms with Crippen LogP contribution in [0.15, 0.2) is 24.6 Å². The molecule has 0 bridgehead atoms. The summed E-state index contributed by atoms with van der Waals surface area (Å²) in [7, 11) is 1.79. The molecule has 20 heavy (non-hydrogen) atoms. The molecule has 0 spiro atoms. The molecule has 1 aromatic rings. The van der Waals surface area contributed by atoms with Crippen LogP contribution in [0.5, 0.6) is 0 Å². The molecule has 1 aromatic heterocycles. The second-order valence-corrected chi connectivity index (χ2v) is 5.46. The van der Waals surface area contributed by atoms with Gasteiger partial charge in [0.25, 0.3) is 11.8 Å². The molecule has 0 saturated carbocycles. The number of carbonyl (C=O) groups is 2. The summed E-state index contributed by atoms with van der Waals surface area (Å²) >= 11 is 7.02. The highest BCUT2D eigenvalue weighted by atomic mass is 127. The summed E-state index contributed by atoms with van der Waals surface area (Å²) in [5, 5.41) is 2.59. The number of aromatic nitrogens is 2. The van der Waals surface area contributed by atoms with Crippen LogP contribution in [-0.2, 0) is 16.6 Å². The molecule has 2 amide bonds. The standard InChI is InChI=1S/C12H11IN4O2S/c1-3-4-17-11(19)7(10(18)15-12(17)20)5-8-9(13)14-6-16(8)2/h3,5-6H,1,4H2,2H3,(H,15,18,20)/b7-5+. The first kappa shape index (κ1) is 14.9. The molecule has 1 aliphatic rings. The van der Waals surface area contributed by atoms with Gasteiger partial charge in [0, 0.05) is 13.6 Å². The van der Waals surface area contributed by atoms with E-state index in [-0.39, 0.29) is 17.2 Å². The van der Waals surface area contributed by atoms with Gasteiger partial charge in [0.2, 0.25) is 0 Å². The smallest absolute Gasteiger partial charge is 0.266 e. The number of halogens is 1. The normalized spacial score (nSPS) is 17.6. The Bertz CT molecular complexity index is 630. The van der Waals surface area contributed by atoms with Crippen molar-refractivity contribution in [2.75, 3.05) is 6.54 Å². The van der Waals surface area contributed by atoms with Gasteiger partial charge in [0.15, 0.2) is 5.11 Å². The SMILES string of the molecule is C=CCN1C(=O)/C(=C/c2c(I)ncn2C)C(=O)NC1=S. The summed E-state index contributed by atoms with van der Waals surface area (Å²) in [6.07, 6.45) is 4.68. The number of hydrogen-bond donors (Lipinski definition) is 1. The molecule has 1 saturated heterocycles. The van der Waals surface area contributed by atoms with Crippen LogP contribution in [0, 0.1) is 3.70 Å². The first-order valence-electron chi connectivity index (χ1n) is 5.62. The molecule has 0 aliphatic carbocycles. The van der Waals surface area contributed by atoms with Crippen LogP contribution in [0.1, 0.15) is 5.69 Å². The number of nitrogens with one attached hydrogen (secondary N) is 1. The molecule has 0 unspecified atom stereocenters. The Morgan fingerprint density at radius 1 is 1.55 bits per heavy atom.